The summed E-state index contributed by atoms with van der Waals surface area (Å²) in [4.78, 5) is 15.3. The number of nitrogens with zero attached hydrogens (tertiary/aromatic N) is 1. The Kier molecular flexibility index (Phi) is 5.58. The molecule has 1 aromatic heterocycles. The van der Waals surface area contributed by atoms with Crippen molar-refractivity contribution in [2.24, 2.45) is 5.92 Å². The fourth-order valence-corrected chi connectivity index (χ4v) is 1.64. The van der Waals surface area contributed by atoms with Crippen LogP contribution in [-0.2, 0) is 11.3 Å². The molecule has 0 saturated heterocycles. The highest BCUT2D eigenvalue weighted by Crippen LogP contribution is 2.08. The highest BCUT2D eigenvalue weighted by molar-refractivity contribution is 5.73. The summed E-state index contributed by atoms with van der Waals surface area (Å²) in [6.45, 7) is 4.42. The Labute approximate surface area is 107 Å². The third-order valence-electron chi connectivity index (χ3n) is 2.53. The van der Waals surface area contributed by atoms with E-state index in [9.17, 15) is 4.79 Å². The van der Waals surface area contributed by atoms with Crippen LogP contribution in [0.2, 0.25) is 0 Å². The molecule has 1 unspecified atom stereocenters. The van der Waals surface area contributed by atoms with E-state index in [1.807, 2.05) is 26.0 Å². The van der Waals surface area contributed by atoms with Crippen molar-refractivity contribution in [1.82, 2.24) is 10.3 Å². The predicted molar refractivity (Wildman–Crippen MR) is 68.5 cm³/mol. The monoisotopic (exact) mass is 252 g/mol. The molecule has 0 bridgehead atoms. The number of pyridine rings is 1. The highest BCUT2D eigenvalue weighted by atomic mass is 16.5. The van der Waals surface area contributed by atoms with Gasteiger partial charge in [-0.05, 0) is 18.4 Å². The Morgan fingerprint density at radius 1 is 1.50 bits per heavy atom. The van der Waals surface area contributed by atoms with E-state index in [1.54, 1.807) is 13.2 Å². The maximum atomic E-state index is 11.1. The molecule has 0 radical (unpaired) electrons. The number of nitrogens with one attached hydrogen (secondary N) is 1. The molecule has 5 nitrogen and oxygen atoms in total. The molecular weight excluding hydrogens is 232 g/mol. The lowest BCUT2D eigenvalue weighted by molar-refractivity contribution is -0.140. The number of methoxy groups -OCH3 is 1. The Morgan fingerprint density at radius 2 is 2.22 bits per heavy atom. The van der Waals surface area contributed by atoms with Crippen LogP contribution in [0.1, 0.15) is 26.0 Å². The largest absolute Gasteiger partial charge is 0.481 e. The molecule has 18 heavy (non-hydrogen) atoms. The minimum Gasteiger partial charge on any atom is -0.481 e. The van der Waals surface area contributed by atoms with Crippen molar-refractivity contribution in [3.8, 4) is 5.88 Å². The van der Waals surface area contributed by atoms with Gasteiger partial charge in [-0.25, -0.2) is 4.98 Å². The Bertz CT molecular complexity index is 394. The van der Waals surface area contributed by atoms with Crippen LogP contribution in [-0.4, -0.2) is 29.2 Å². The van der Waals surface area contributed by atoms with Gasteiger partial charge >= 0.3 is 5.97 Å². The van der Waals surface area contributed by atoms with Gasteiger partial charge in [0.25, 0.3) is 0 Å². The van der Waals surface area contributed by atoms with Gasteiger partial charge in [-0.3, -0.25) is 10.1 Å². The lowest BCUT2D eigenvalue weighted by Gasteiger charge is -2.16. The van der Waals surface area contributed by atoms with E-state index in [1.165, 1.54) is 0 Å². The number of carboxylic acid groups (broad SMARTS) is 1. The number of carbonyl (C=O) groups is 1. The van der Waals surface area contributed by atoms with E-state index < -0.39 is 12.0 Å². The molecule has 100 valence electrons. The molecule has 0 fully saturated rings. The second-order valence-electron chi connectivity index (χ2n) is 4.57. The molecule has 1 heterocycles. The number of carboxylic acids is 1. The summed E-state index contributed by atoms with van der Waals surface area (Å²) < 4.78 is 5.02. The van der Waals surface area contributed by atoms with Crippen molar-refractivity contribution in [2.75, 3.05) is 7.11 Å². The van der Waals surface area contributed by atoms with Crippen LogP contribution in [0.3, 0.4) is 0 Å². The zero-order valence-corrected chi connectivity index (χ0v) is 11.0. The fraction of sp³-hybridized carbons (Fsp3) is 0.538. The molecule has 0 saturated carbocycles. The summed E-state index contributed by atoms with van der Waals surface area (Å²) in [5.74, 6) is 0.0356. The number of hydrogen-bond donors (Lipinski definition) is 2. The van der Waals surface area contributed by atoms with E-state index in [2.05, 4.69) is 10.3 Å². The Morgan fingerprint density at radius 3 is 2.78 bits per heavy atom. The lowest BCUT2D eigenvalue weighted by Crippen LogP contribution is -2.37. The molecule has 0 aliphatic carbocycles. The van der Waals surface area contributed by atoms with Gasteiger partial charge in [0.05, 0.1) is 12.8 Å². The SMILES string of the molecule is COc1cccc(CNC(CC(C)C)C(=O)O)n1. The van der Waals surface area contributed by atoms with E-state index in [0.29, 0.717) is 24.8 Å². The zero-order valence-electron chi connectivity index (χ0n) is 11.0. The minimum absolute atomic E-state index is 0.330. The van der Waals surface area contributed by atoms with Gasteiger partial charge < -0.3 is 9.84 Å². The molecule has 1 aromatic rings. The Hall–Kier alpha value is -1.62. The molecule has 0 aliphatic heterocycles. The van der Waals surface area contributed by atoms with Gasteiger partial charge in [0.1, 0.15) is 6.04 Å². The summed E-state index contributed by atoms with van der Waals surface area (Å²) in [5.41, 5.74) is 0.768. The Balaban J connectivity index is 2.58. The van der Waals surface area contributed by atoms with Crippen LogP contribution in [0.25, 0.3) is 0 Å². The predicted octanol–water partition coefficient (Wildman–Crippen LogP) is 1.68. The van der Waals surface area contributed by atoms with Gasteiger partial charge in [-0.1, -0.05) is 19.9 Å². The lowest BCUT2D eigenvalue weighted by atomic mass is 10.0. The summed E-state index contributed by atoms with van der Waals surface area (Å²) >= 11 is 0. The summed E-state index contributed by atoms with van der Waals surface area (Å²) in [6, 6.07) is 4.88. The van der Waals surface area contributed by atoms with Crippen molar-refractivity contribution in [2.45, 2.75) is 32.9 Å². The molecule has 0 amide bonds. The summed E-state index contributed by atoms with van der Waals surface area (Å²) in [6.07, 6.45) is 0.597. The topological polar surface area (TPSA) is 71.5 Å². The van der Waals surface area contributed by atoms with Crippen LogP contribution < -0.4 is 10.1 Å². The van der Waals surface area contributed by atoms with Crippen molar-refractivity contribution in [3.63, 3.8) is 0 Å². The normalized spacial score (nSPS) is 12.4. The first-order valence-electron chi connectivity index (χ1n) is 5.99. The van der Waals surface area contributed by atoms with Crippen LogP contribution in [0.4, 0.5) is 0 Å². The van der Waals surface area contributed by atoms with Gasteiger partial charge in [0.15, 0.2) is 0 Å². The van der Waals surface area contributed by atoms with E-state index in [-0.39, 0.29) is 0 Å². The van der Waals surface area contributed by atoms with Crippen LogP contribution in [0, 0.1) is 5.92 Å². The van der Waals surface area contributed by atoms with Gasteiger partial charge in [-0.2, -0.15) is 0 Å². The molecule has 0 aliphatic rings. The maximum absolute atomic E-state index is 11.1. The summed E-state index contributed by atoms with van der Waals surface area (Å²) in [7, 11) is 1.55. The van der Waals surface area contributed by atoms with E-state index in [0.717, 1.165) is 5.69 Å². The minimum atomic E-state index is -0.827. The number of ether oxygens (including phenoxy) is 1. The fourth-order valence-electron chi connectivity index (χ4n) is 1.64. The van der Waals surface area contributed by atoms with Crippen LogP contribution in [0.15, 0.2) is 18.2 Å². The van der Waals surface area contributed by atoms with Gasteiger partial charge in [0, 0.05) is 12.6 Å². The molecule has 0 spiro atoms. The standard InChI is InChI=1S/C13H20N2O3/c1-9(2)7-11(13(16)17)14-8-10-5-4-6-12(15-10)18-3/h4-6,9,11,14H,7-8H2,1-3H3,(H,16,17). The number of rotatable bonds is 7. The second kappa shape index (κ2) is 6.96. The molecule has 0 aromatic carbocycles. The molecular formula is C13H20N2O3. The molecule has 5 heteroatoms. The van der Waals surface area contributed by atoms with Gasteiger partial charge in [-0.15, -0.1) is 0 Å². The molecule has 1 atom stereocenters. The van der Waals surface area contributed by atoms with E-state index >= 15 is 0 Å². The quantitative estimate of drug-likeness (QED) is 0.772. The van der Waals surface area contributed by atoms with E-state index in [4.69, 9.17) is 9.84 Å². The van der Waals surface area contributed by atoms with Crippen LogP contribution >= 0.6 is 0 Å². The van der Waals surface area contributed by atoms with Crippen molar-refractivity contribution in [3.05, 3.63) is 23.9 Å². The molecule has 2 N–H and O–H groups in total. The number of hydrogen-bond acceptors (Lipinski definition) is 4. The first kappa shape index (κ1) is 14.4. The maximum Gasteiger partial charge on any atom is 0.320 e. The van der Waals surface area contributed by atoms with Crippen molar-refractivity contribution in [1.29, 1.82) is 0 Å². The smallest absolute Gasteiger partial charge is 0.320 e. The first-order chi connectivity index (χ1) is 8.52. The average molecular weight is 252 g/mol. The number of aromatic nitrogens is 1. The summed E-state index contributed by atoms with van der Waals surface area (Å²) in [5, 5.41) is 12.1. The van der Waals surface area contributed by atoms with Crippen LogP contribution in [0.5, 0.6) is 5.88 Å². The van der Waals surface area contributed by atoms with Crippen molar-refractivity contribution >= 4 is 5.97 Å². The third kappa shape index (κ3) is 4.71. The average Bonchev–Trinajstić information content (AvgIpc) is 2.34. The third-order valence-corrected chi connectivity index (χ3v) is 2.53. The van der Waals surface area contributed by atoms with Gasteiger partial charge in [0.2, 0.25) is 5.88 Å². The zero-order chi connectivity index (χ0) is 13.5. The number of aliphatic carboxylic acids is 1. The second-order valence-corrected chi connectivity index (χ2v) is 4.57. The first-order valence-corrected chi connectivity index (χ1v) is 5.99. The highest BCUT2D eigenvalue weighted by Gasteiger charge is 2.18. The van der Waals surface area contributed by atoms with Crippen molar-refractivity contribution < 1.29 is 14.6 Å². The molecule has 1 rings (SSSR count).